The molecule has 3 N–H and O–H groups in total. The summed E-state index contributed by atoms with van der Waals surface area (Å²) in [6.07, 6.45) is 1.92. The number of nitrogens with one attached hydrogen (secondary N) is 1. The molecule has 0 spiro atoms. The zero-order valence-electron chi connectivity index (χ0n) is 9.41. The zero-order valence-corrected chi connectivity index (χ0v) is 11.0. The van der Waals surface area contributed by atoms with Gasteiger partial charge in [0.15, 0.2) is 0 Å². The van der Waals surface area contributed by atoms with E-state index in [-0.39, 0.29) is 10.7 Å². The van der Waals surface area contributed by atoms with E-state index in [9.17, 15) is 8.42 Å². The average molecular weight is 284 g/mol. The third-order valence-corrected chi connectivity index (χ3v) is 4.31. The second-order valence-corrected chi connectivity index (χ2v) is 6.03. The van der Waals surface area contributed by atoms with Gasteiger partial charge in [0, 0.05) is 30.6 Å². The number of nitrogens with zero attached hydrogens (tertiary/aromatic N) is 2. The van der Waals surface area contributed by atoms with Crippen molar-refractivity contribution in [2.24, 2.45) is 0 Å². The number of anilines is 1. The first-order chi connectivity index (χ1) is 8.58. The predicted octanol–water partition coefficient (Wildman–Crippen LogP) is 0.641. The Kier molecular flexibility index (Phi) is 3.90. The number of hydrogen-bond acceptors (Lipinski definition) is 6. The lowest BCUT2D eigenvalue weighted by atomic mass is 10.3. The van der Waals surface area contributed by atoms with E-state index in [4.69, 9.17) is 5.73 Å². The largest absolute Gasteiger partial charge is 0.384 e. The Hall–Kier alpha value is -1.51. The molecule has 0 unspecified atom stereocenters. The van der Waals surface area contributed by atoms with Crippen LogP contribution >= 0.6 is 11.3 Å². The Morgan fingerprint density at radius 3 is 2.89 bits per heavy atom. The Labute approximate surface area is 109 Å². The molecule has 2 aromatic rings. The van der Waals surface area contributed by atoms with Crippen LogP contribution in [0.4, 0.5) is 5.82 Å². The van der Waals surface area contributed by atoms with Crippen molar-refractivity contribution in [1.82, 2.24) is 14.7 Å². The number of nitrogens with two attached hydrogens (primary N) is 1. The molecule has 0 saturated heterocycles. The minimum atomic E-state index is -3.53. The maximum absolute atomic E-state index is 11.9. The second-order valence-electron chi connectivity index (χ2n) is 3.54. The molecular formula is C10H12N4O2S2. The van der Waals surface area contributed by atoms with Crippen LogP contribution in [-0.2, 0) is 16.4 Å². The van der Waals surface area contributed by atoms with Gasteiger partial charge in [0.1, 0.15) is 5.82 Å². The summed E-state index contributed by atoms with van der Waals surface area (Å²) in [4.78, 5) is 7.95. The Balaban J connectivity index is 1.99. The van der Waals surface area contributed by atoms with Gasteiger partial charge in [0.05, 0.1) is 16.1 Å². The van der Waals surface area contributed by atoms with Gasteiger partial charge in [0.25, 0.3) is 0 Å². The van der Waals surface area contributed by atoms with Gasteiger partial charge in [-0.3, -0.25) is 0 Å². The molecule has 0 atom stereocenters. The molecule has 0 bridgehead atoms. The van der Waals surface area contributed by atoms with E-state index in [2.05, 4.69) is 14.7 Å². The highest BCUT2D eigenvalue weighted by Gasteiger charge is 2.13. The molecule has 0 aliphatic rings. The molecule has 96 valence electrons. The zero-order chi connectivity index (χ0) is 13.0. The van der Waals surface area contributed by atoms with Crippen molar-refractivity contribution in [3.63, 3.8) is 0 Å². The molecule has 18 heavy (non-hydrogen) atoms. The molecule has 0 radical (unpaired) electrons. The summed E-state index contributed by atoms with van der Waals surface area (Å²) in [5.41, 5.74) is 8.04. The van der Waals surface area contributed by atoms with Gasteiger partial charge in [-0.1, -0.05) is 0 Å². The number of aromatic nitrogens is 2. The standard InChI is InChI=1S/C10H12N4O2S2/c11-10-5-9(2-3-12-10)18(15,16)14-4-1-8-6-17-7-13-8/h2-3,5-7,14H,1,4H2,(H2,11,12). The molecule has 8 heteroatoms. The molecule has 2 heterocycles. The van der Waals surface area contributed by atoms with Crippen molar-refractivity contribution in [1.29, 1.82) is 0 Å². The van der Waals surface area contributed by atoms with E-state index in [1.165, 1.54) is 29.7 Å². The predicted molar refractivity (Wildman–Crippen MR) is 69.7 cm³/mol. The second kappa shape index (κ2) is 5.42. The average Bonchev–Trinajstić information content (AvgIpc) is 2.82. The normalized spacial score (nSPS) is 11.6. The maximum Gasteiger partial charge on any atom is 0.240 e. The van der Waals surface area contributed by atoms with Crippen LogP contribution in [0.5, 0.6) is 0 Å². The van der Waals surface area contributed by atoms with Crippen LogP contribution in [0.15, 0.2) is 34.1 Å². The summed E-state index contributed by atoms with van der Waals surface area (Å²) in [6.45, 7) is 0.300. The lowest BCUT2D eigenvalue weighted by Crippen LogP contribution is -2.26. The van der Waals surface area contributed by atoms with Gasteiger partial charge in [-0.05, 0) is 6.07 Å². The Morgan fingerprint density at radius 2 is 2.22 bits per heavy atom. The topological polar surface area (TPSA) is 98.0 Å². The summed E-state index contributed by atoms with van der Waals surface area (Å²) in [6, 6.07) is 2.73. The minimum Gasteiger partial charge on any atom is -0.384 e. The fourth-order valence-corrected chi connectivity index (χ4v) is 3.00. The van der Waals surface area contributed by atoms with Crippen molar-refractivity contribution >= 4 is 27.2 Å². The molecule has 0 aromatic carbocycles. The first kappa shape index (κ1) is 12.9. The number of pyridine rings is 1. The van der Waals surface area contributed by atoms with E-state index in [0.717, 1.165) is 5.69 Å². The molecule has 0 amide bonds. The molecule has 2 aromatic heterocycles. The lowest BCUT2D eigenvalue weighted by molar-refractivity contribution is 0.581. The molecule has 0 aliphatic carbocycles. The van der Waals surface area contributed by atoms with Crippen molar-refractivity contribution in [3.05, 3.63) is 34.9 Å². The van der Waals surface area contributed by atoms with Crippen LogP contribution in [0.2, 0.25) is 0 Å². The van der Waals surface area contributed by atoms with Gasteiger partial charge < -0.3 is 5.73 Å². The SMILES string of the molecule is Nc1cc(S(=O)(=O)NCCc2cscn2)ccn1. The first-order valence-electron chi connectivity index (χ1n) is 5.16. The van der Waals surface area contributed by atoms with Crippen molar-refractivity contribution in [2.75, 3.05) is 12.3 Å². The Morgan fingerprint density at radius 1 is 1.39 bits per heavy atom. The summed E-state index contributed by atoms with van der Waals surface area (Å²) in [5, 5.41) is 1.89. The van der Waals surface area contributed by atoms with E-state index in [0.29, 0.717) is 13.0 Å². The molecule has 6 nitrogen and oxygen atoms in total. The lowest BCUT2D eigenvalue weighted by Gasteiger charge is -2.06. The smallest absolute Gasteiger partial charge is 0.240 e. The highest BCUT2D eigenvalue weighted by Crippen LogP contribution is 2.10. The van der Waals surface area contributed by atoms with E-state index < -0.39 is 10.0 Å². The monoisotopic (exact) mass is 284 g/mol. The van der Waals surface area contributed by atoms with Gasteiger partial charge in [-0.15, -0.1) is 11.3 Å². The fourth-order valence-electron chi connectivity index (χ4n) is 1.35. The van der Waals surface area contributed by atoms with Crippen molar-refractivity contribution in [3.8, 4) is 0 Å². The minimum absolute atomic E-state index is 0.119. The van der Waals surface area contributed by atoms with Crippen LogP contribution in [0.3, 0.4) is 0 Å². The molecule has 0 aliphatic heterocycles. The van der Waals surface area contributed by atoms with E-state index in [1.807, 2.05) is 5.38 Å². The molecule has 2 rings (SSSR count). The third-order valence-electron chi connectivity index (χ3n) is 2.22. The summed E-state index contributed by atoms with van der Waals surface area (Å²) in [7, 11) is -3.53. The molecular weight excluding hydrogens is 272 g/mol. The number of thiazole rings is 1. The number of sulfonamides is 1. The van der Waals surface area contributed by atoms with E-state index in [1.54, 1.807) is 5.51 Å². The number of hydrogen-bond donors (Lipinski definition) is 2. The van der Waals surface area contributed by atoms with Gasteiger partial charge in [-0.2, -0.15) is 0 Å². The number of rotatable bonds is 5. The van der Waals surface area contributed by atoms with Crippen LogP contribution in [0.1, 0.15) is 5.69 Å². The maximum atomic E-state index is 11.9. The Bertz CT molecular complexity index is 611. The fraction of sp³-hybridized carbons (Fsp3) is 0.200. The molecule has 0 fully saturated rings. The van der Waals surface area contributed by atoms with Gasteiger partial charge in [0.2, 0.25) is 10.0 Å². The van der Waals surface area contributed by atoms with Crippen LogP contribution in [0, 0.1) is 0 Å². The van der Waals surface area contributed by atoms with Crippen LogP contribution in [0.25, 0.3) is 0 Å². The van der Waals surface area contributed by atoms with Gasteiger partial charge in [-0.25, -0.2) is 23.1 Å². The summed E-state index contributed by atoms with van der Waals surface area (Å²) < 4.78 is 26.3. The molecule has 0 saturated carbocycles. The van der Waals surface area contributed by atoms with Crippen molar-refractivity contribution < 1.29 is 8.42 Å². The van der Waals surface area contributed by atoms with E-state index >= 15 is 0 Å². The third kappa shape index (κ3) is 3.25. The summed E-state index contributed by atoms with van der Waals surface area (Å²) in [5.74, 6) is 0.178. The highest BCUT2D eigenvalue weighted by atomic mass is 32.2. The highest BCUT2D eigenvalue weighted by molar-refractivity contribution is 7.89. The summed E-state index contributed by atoms with van der Waals surface area (Å²) >= 11 is 1.48. The first-order valence-corrected chi connectivity index (χ1v) is 7.59. The van der Waals surface area contributed by atoms with Crippen LogP contribution in [-0.4, -0.2) is 24.9 Å². The quantitative estimate of drug-likeness (QED) is 0.839. The van der Waals surface area contributed by atoms with Crippen molar-refractivity contribution in [2.45, 2.75) is 11.3 Å². The van der Waals surface area contributed by atoms with Gasteiger partial charge >= 0.3 is 0 Å². The number of nitrogen functional groups attached to an aromatic ring is 1. The van der Waals surface area contributed by atoms with Crippen LogP contribution < -0.4 is 10.5 Å².